The van der Waals surface area contributed by atoms with Gasteiger partial charge in [0, 0.05) is 31.7 Å². The summed E-state index contributed by atoms with van der Waals surface area (Å²) < 4.78 is 18.3. The zero-order chi connectivity index (χ0) is 30.1. The number of methoxy groups -OCH3 is 1. The van der Waals surface area contributed by atoms with E-state index >= 15 is 0 Å². The summed E-state index contributed by atoms with van der Waals surface area (Å²) >= 11 is 0. The van der Waals surface area contributed by atoms with Gasteiger partial charge in [0.25, 0.3) is 5.91 Å². The maximum Gasteiger partial charge on any atom is 0.409 e. The quantitative estimate of drug-likeness (QED) is 0.348. The van der Waals surface area contributed by atoms with E-state index in [-0.39, 0.29) is 17.9 Å². The SMILES string of the molecule is COC(=O)N1CCCN(c2ccc(C(=O)NC(CC(=O)O)c3ccc(F)cc3)cc2NC(=O)Cc2ccccc2)CC1. The number of ether oxygens (including phenoxy) is 1. The molecule has 1 unspecified atom stereocenters. The molecule has 0 aromatic heterocycles. The molecule has 220 valence electrons. The number of aliphatic carboxylic acids is 1. The highest BCUT2D eigenvalue weighted by Crippen LogP contribution is 2.29. The lowest BCUT2D eigenvalue weighted by atomic mass is 10.0. The Bertz CT molecular complexity index is 1420. The van der Waals surface area contributed by atoms with Crippen LogP contribution < -0.4 is 15.5 Å². The van der Waals surface area contributed by atoms with Crippen LogP contribution in [0, 0.1) is 5.82 Å². The van der Waals surface area contributed by atoms with Gasteiger partial charge in [0.1, 0.15) is 5.82 Å². The minimum atomic E-state index is -1.13. The number of halogens is 1. The monoisotopic (exact) mass is 576 g/mol. The zero-order valence-electron chi connectivity index (χ0n) is 23.2. The first-order valence-electron chi connectivity index (χ1n) is 13.6. The summed E-state index contributed by atoms with van der Waals surface area (Å²) in [6.45, 7) is 2.02. The number of carbonyl (C=O) groups is 4. The molecule has 3 N–H and O–H groups in total. The van der Waals surface area contributed by atoms with Crippen molar-refractivity contribution in [3.05, 3.63) is 95.3 Å². The second kappa shape index (κ2) is 14.1. The summed E-state index contributed by atoms with van der Waals surface area (Å²) in [6, 6.07) is 18.5. The predicted molar refractivity (Wildman–Crippen MR) is 155 cm³/mol. The lowest BCUT2D eigenvalue weighted by Gasteiger charge is -2.26. The van der Waals surface area contributed by atoms with Gasteiger partial charge in [-0.15, -0.1) is 0 Å². The summed E-state index contributed by atoms with van der Waals surface area (Å²) in [5.41, 5.74) is 2.56. The fraction of sp³-hybridized carbons (Fsp3) is 0.290. The van der Waals surface area contributed by atoms with E-state index in [0.717, 1.165) is 5.56 Å². The van der Waals surface area contributed by atoms with Crippen molar-refractivity contribution in [2.75, 3.05) is 43.5 Å². The number of carbonyl (C=O) groups excluding carboxylic acids is 3. The maximum absolute atomic E-state index is 13.5. The molecule has 1 fully saturated rings. The molecule has 0 saturated carbocycles. The van der Waals surface area contributed by atoms with E-state index in [4.69, 9.17) is 4.74 Å². The molecule has 1 aliphatic rings. The van der Waals surface area contributed by atoms with Gasteiger partial charge in [0.15, 0.2) is 0 Å². The Morgan fingerprint density at radius 1 is 0.952 bits per heavy atom. The molecule has 0 aliphatic carbocycles. The third-order valence-corrected chi connectivity index (χ3v) is 6.97. The summed E-state index contributed by atoms with van der Waals surface area (Å²) in [5.74, 6) is -2.44. The molecule has 1 atom stereocenters. The first kappa shape index (κ1) is 30.0. The normalized spacial score (nSPS) is 14.0. The van der Waals surface area contributed by atoms with Gasteiger partial charge < -0.3 is 30.3 Å². The van der Waals surface area contributed by atoms with Crippen molar-refractivity contribution < 1.29 is 33.4 Å². The first-order valence-corrected chi connectivity index (χ1v) is 13.6. The smallest absolute Gasteiger partial charge is 0.409 e. The predicted octanol–water partition coefficient (Wildman–Crippen LogP) is 4.23. The molecule has 1 aliphatic heterocycles. The van der Waals surface area contributed by atoms with Gasteiger partial charge in [0.05, 0.1) is 37.4 Å². The van der Waals surface area contributed by atoms with Crippen LogP contribution in [0.1, 0.15) is 40.4 Å². The summed E-state index contributed by atoms with van der Waals surface area (Å²) in [7, 11) is 1.34. The van der Waals surface area contributed by atoms with Crippen molar-refractivity contribution >= 4 is 35.3 Å². The van der Waals surface area contributed by atoms with Crippen molar-refractivity contribution in [3.63, 3.8) is 0 Å². The second-order valence-corrected chi connectivity index (χ2v) is 9.92. The number of carboxylic acid groups (broad SMARTS) is 1. The molecule has 0 radical (unpaired) electrons. The van der Waals surface area contributed by atoms with Crippen molar-refractivity contribution in [3.8, 4) is 0 Å². The molecular formula is C31H33FN4O6. The van der Waals surface area contributed by atoms with E-state index in [0.29, 0.717) is 49.5 Å². The van der Waals surface area contributed by atoms with Gasteiger partial charge in [-0.05, 0) is 47.9 Å². The molecule has 0 bridgehead atoms. The lowest BCUT2D eigenvalue weighted by Crippen LogP contribution is -2.35. The summed E-state index contributed by atoms with van der Waals surface area (Å²) in [5, 5.41) is 15.1. The summed E-state index contributed by atoms with van der Waals surface area (Å²) in [6.07, 6.45) is -0.0144. The molecule has 3 aromatic rings. The Morgan fingerprint density at radius 2 is 1.69 bits per heavy atom. The molecule has 1 saturated heterocycles. The molecule has 11 heteroatoms. The molecule has 0 spiro atoms. The van der Waals surface area contributed by atoms with Crippen molar-refractivity contribution in [1.82, 2.24) is 10.2 Å². The number of benzene rings is 3. The topological polar surface area (TPSA) is 128 Å². The molecular weight excluding hydrogens is 543 g/mol. The van der Waals surface area contributed by atoms with Crippen molar-refractivity contribution in [1.29, 1.82) is 0 Å². The van der Waals surface area contributed by atoms with Gasteiger partial charge in [-0.1, -0.05) is 42.5 Å². The van der Waals surface area contributed by atoms with Crippen molar-refractivity contribution in [2.24, 2.45) is 0 Å². The van der Waals surface area contributed by atoms with Crippen LogP contribution in [0.2, 0.25) is 0 Å². The average molecular weight is 577 g/mol. The lowest BCUT2D eigenvalue weighted by molar-refractivity contribution is -0.137. The van der Waals surface area contributed by atoms with E-state index in [1.807, 2.05) is 35.2 Å². The zero-order valence-corrected chi connectivity index (χ0v) is 23.2. The van der Waals surface area contributed by atoms with Crippen LogP contribution in [-0.2, 0) is 20.7 Å². The largest absolute Gasteiger partial charge is 0.481 e. The molecule has 4 rings (SSSR count). The average Bonchev–Trinajstić information content (AvgIpc) is 3.23. The van der Waals surface area contributed by atoms with E-state index in [1.165, 1.54) is 31.4 Å². The van der Waals surface area contributed by atoms with Gasteiger partial charge >= 0.3 is 12.1 Å². The first-order chi connectivity index (χ1) is 20.2. The van der Waals surface area contributed by atoms with Gasteiger partial charge in [-0.25, -0.2) is 9.18 Å². The van der Waals surface area contributed by atoms with Gasteiger partial charge in [-0.3, -0.25) is 14.4 Å². The number of anilines is 2. The van der Waals surface area contributed by atoms with Crippen molar-refractivity contribution in [2.45, 2.75) is 25.3 Å². The molecule has 3 aromatic carbocycles. The highest BCUT2D eigenvalue weighted by molar-refractivity contribution is 6.00. The fourth-order valence-corrected chi connectivity index (χ4v) is 4.86. The Hall–Kier alpha value is -4.93. The Labute approximate surface area is 243 Å². The number of hydrogen-bond acceptors (Lipinski definition) is 6. The number of rotatable bonds is 9. The standard InChI is InChI=1S/C31H33FN4O6/c1-42-31(41)36-15-5-14-35(16-17-36)27-13-10-23(19-26(27)33-28(37)18-21-6-3-2-4-7-21)30(40)34-25(20-29(38)39)22-8-11-24(32)12-9-22/h2-4,6-13,19,25H,5,14-18,20H2,1H3,(H,33,37)(H,34,40)(H,38,39). The number of nitrogens with one attached hydrogen (secondary N) is 2. The second-order valence-electron chi connectivity index (χ2n) is 9.92. The highest BCUT2D eigenvalue weighted by atomic mass is 19.1. The highest BCUT2D eigenvalue weighted by Gasteiger charge is 2.24. The minimum absolute atomic E-state index is 0.123. The van der Waals surface area contributed by atoms with E-state index in [1.54, 1.807) is 23.1 Å². The van der Waals surface area contributed by atoms with Crippen LogP contribution in [-0.4, -0.2) is 67.2 Å². The van der Waals surface area contributed by atoms with E-state index in [9.17, 15) is 28.7 Å². The molecule has 3 amide bonds. The number of nitrogens with zero attached hydrogens (tertiary/aromatic N) is 2. The molecule has 1 heterocycles. The fourth-order valence-electron chi connectivity index (χ4n) is 4.86. The van der Waals surface area contributed by atoms with Gasteiger partial charge in [-0.2, -0.15) is 0 Å². The molecule has 42 heavy (non-hydrogen) atoms. The van der Waals surface area contributed by atoms with E-state index in [2.05, 4.69) is 10.6 Å². The third kappa shape index (κ3) is 8.06. The van der Waals surface area contributed by atoms with Crippen LogP contribution in [0.5, 0.6) is 0 Å². The Balaban J connectivity index is 1.60. The molecule has 10 nitrogen and oxygen atoms in total. The van der Waals surface area contributed by atoms with Gasteiger partial charge in [0.2, 0.25) is 5.91 Å². The van der Waals surface area contributed by atoms with Crippen LogP contribution in [0.3, 0.4) is 0 Å². The van der Waals surface area contributed by atoms with Crippen LogP contribution in [0.15, 0.2) is 72.8 Å². The maximum atomic E-state index is 13.5. The van der Waals surface area contributed by atoms with Crippen LogP contribution >= 0.6 is 0 Å². The van der Waals surface area contributed by atoms with Crippen LogP contribution in [0.25, 0.3) is 0 Å². The van der Waals surface area contributed by atoms with E-state index < -0.39 is 36.2 Å². The number of hydrogen-bond donors (Lipinski definition) is 3. The third-order valence-electron chi connectivity index (χ3n) is 6.97. The summed E-state index contributed by atoms with van der Waals surface area (Å²) in [4.78, 5) is 53.6. The Morgan fingerprint density at radius 3 is 2.38 bits per heavy atom. The van der Waals surface area contributed by atoms with Crippen LogP contribution in [0.4, 0.5) is 20.6 Å². The minimum Gasteiger partial charge on any atom is -0.481 e. The Kier molecular flexibility index (Phi) is 10.1. The number of carboxylic acids is 1. The number of amides is 3.